The van der Waals surface area contributed by atoms with Crippen LogP contribution in [-0.4, -0.2) is 31.9 Å². The molecule has 3 aromatic carbocycles. The lowest BCUT2D eigenvalue weighted by molar-refractivity contribution is -0.492. The SMILES string of the molecule is Cc1cccnc1-c1cccc([N+]2=NN=C(c3nc(-c4ccccc4)cc(-c4ccccc4)n3)C2)c1. The van der Waals surface area contributed by atoms with Gasteiger partial charge in [-0.2, -0.15) is 0 Å². The van der Waals surface area contributed by atoms with E-state index < -0.39 is 0 Å². The van der Waals surface area contributed by atoms with Gasteiger partial charge in [0.2, 0.25) is 5.82 Å². The van der Waals surface area contributed by atoms with Crippen LogP contribution in [0.3, 0.4) is 0 Å². The Morgan fingerprint density at radius 1 is 0.667 bits per heavy atom. The molecule has 0 bridgehead atoms. The zero-order valence-corrected chi connectivity index (χ0v) is 19.8. The van der Waals surface area contributed by atoms with E-state index in [-0.39, 0.29) is 0 Å². The van der Waals surface area contributed by atoms with E-state index in [1.807, 2.05) is 71.6 Å². The molecule has 2 aromatic heterocycles. The molecule has 1 aliphatic rings. The summed E-state index contributed by atoms with van der Waals surface area (Å²) in [6.45, 7) is 2.55. The van der Waals surface area contributed by atoms with Crippen LogP contribution in [0.15, 0.2) is 120 Å². The molecular weight excluding hydrogens is 444 g/mol. The Morgan fingerprint density at radius 3 is 2.00 bits per heavy atom. The zero-order valence-electron chi connectivity index (χ0n) is 19.8. The van der Waals surface area contributed by atoms with Crippen LogP contribution in [-0.2, 0) is 0 Å². The van der Waals surface area contributed by atoms with Crippen LogP contribution >= 0.6 is 0 Å². The van der Waals surface area contributed by atoms with E-state index in [4.69, 9.17) is 9.97 Å². The highest BCUT2D eigenvalue weighted by Crippen LogP contribution is 2.28. The quantitative estimate of drug-likeness (QED) is 0.270. The molecule has 0 saturated heterocycles. The van der Waals surface area contributed by atoms with Crippen LogP contribution in [0, 0.1) is 6.92 Å². The van der Waals surface area contributed by atoms with Crippen molar-refractivity contribution in [3.8, 4) is 33.8 Å². The normalized spacial score (nSPS) is 12.8. The second-order valence-corrected chi connectivity index (χ2v) is 8.61. The third-order valence-corrected chi connectivity index (χ3v) is 6.12. The lowest BCUT2D eigenvalue weighted by atomic mass is 10.1. The monoisotopic (exact) mass is 467 g/mol. The first kappa shape index (κ1) is 21.7. The number of aromatic nitrogens is 3. The van der Waals surface area contributed by atoms with E-state index in [0.717, 1.165) is 50.7 Å². The molecule has 0 N–H and O–H groups in total. The molecule has 1 aliphatic heterocycles. The van der Waals surface area contributed by atoms with Crippen LogP contribution in [0.2, 0.25) is 0 Å². The molecule has 6 rings (SSSR count). The van der Waals surface area contributed by atoms with Crippen molar-refractivity contribution in [3.05, 3.63) is 121 Å². The fourth-order valence-electron chi connectivity index (χ4n) is 4.26. The third kappa shape index (κ3) is 4.32. The number of hydrogen-bond donors (Lipinski definition) is 0. The molecule has 0 aliphatic carbocycles. The summed E-state index contributed by atoms with van der Waals surface area (Å²) >= 11 is 0. The summed E-state index contributed by atoms with van der Waals surface area (Å²) in [4.78, 5) is 14.3. The highest BCUT2D eigenvalue weighted by molar-refractivity contribution is 5.99. The first-order valence-electron chi connectivity index (χ1n) is 11.8. The topological polar surface area (TPSA) is 66.4 Å². The Labute approximate surface area is 209 Å². The van der Waals surface area contributed by atoms with Crippen molar-refractivity contribution in [2.24, 2.45) is 10.3 Å². The van der Waals surface area contributed by atoms with E-state index >= 15 is 0 Å². The summed E-state index contributed by atoms with van der Waals surface area (Å²) < 4.78 is 1.87. The van der Waals surface area contributed by atoms with Gasteiger partial charge in [0.25, 0.3) is 5.71 Å². The molecule has 5 aromatic rings. The van der Waals surface area contributed by atoms with E-state index in [0.29, 0.717) is 12.4 Å². The summed E-state index contributed by atoms with van der Waals surface area (Å²) in [7, 11) is 0. The molecule has 0 radical (unpaired) electrons. The second-order valence-electron chi connectivity index (χ2n) is 8.61. The minimum absolute atomic E-state index is 0.483. The van der Waals surface area contributed by atoms with Gasteiger partial charge < -0.3 is 0 Å². The standard InChI is InChI=1S/C30H23N6/c1-21-10-9-17-31-29(21)24-15-8-16-25(18-24)36-20-28(34-35-36)30-32-26(22-11-4-2-5-12-22)19-27(33-30)23-13-6-3-7-14-23/h2-19H,20H2,1H3/q+1. The third-order valence-electron chi connectivity index (χ3n) is 6.12. The maximum absolute atomic E-state index is 4.88. The summed E-state index contributed by atoms with van der Waals surface area (Å²) in [5.74, 6) is 0.582. The molecule has 0 fully saturated rings. The maximum atomic E-state index is 4.88. The van der Waals surface area contributed by atoms with Crippen LogP contribution in [0.25, 0.3) is 33.8 Å². The Morgan fingerprint density at radius 2 is 1.33 bits per heavy atom. The fourth-order valence-corrected chi connectivity index (χ4v) is 4.26. The smallest absolute Gasteiger partial charge is 0.256 e. The minimum atomic E-state index is 0.483. The molecule has 0 saturated carbocycles. The van der Waals surface area contributed by atoms with E-state index in [1.54, 1.807) is 0 Å². The highest BCUT2D eigenvalue weighted by atomic mass is 15.5. The van der Waals surface area contributed by atoms with Crippen molar-refractivity contribution < 1.29 is 4.70 Å². The zero-order chi connectivity index (χ0) is 24.3. The second kappa shape index (κ2) is 9.43. The fraction of sp³-hybridized carbons (Fsp3) is 0.0667. The van der Waals surface area contributed by atoms with Crippen molar-refractivity contribution in [3.63, 3.8) is 0 Å². The van der Waals surface area contributed by atoms with Crippen LogP contribution < -0.4 is 0 Å². The summed E-state index contributed by atoms with van der Waals surface area (Å²) in [5, 5.41) is 8.93. The number of nitrogens with zero attached hydrogens (tertiary/aromatic N) is 6. The van der Waals surface area contributed by atoms with E-state index in [2.05, 4.69) is 64.7 Å². The Balaban J connectivity index is 1.34. The molecule has 36 heavy (non-hydrogen) atoms. The predicted octanol–water partition coefficient (Wildman–Crippen LogP) is 6.70. The molecule has 172 valence electrons. The molecule has 0 unspecified atom stereocenters. The van der Waals surface area contributed by atoms with Crippen molar-refractivity contribution in [2.75, 3.05) is 6.54 Å². The average Bonchev–Trinajstić information content (AvgIpc) is 3.45. The van der Waals surface area contributed by atoms with Crippen LogP contribution in [0.5, 0.6) is 0 Å². The van der Waals surface area contributed by atoms with Gasteiger partial charge in [-0.1, -0.05) is 78.9 Å². The lowest BCUT2D eigenvalue weighted by Gasteiger charge is -2.08. The van der Waals surface area contributed by atoms with Gasteiger partial charge in [0.1, 0.15) is 5.22 Å². The Hall–Kier alpha value is -4.84. The maximum Gasteiger partial charge on any atom is 0.268 e. The van der Waals surface area contributed by atoms with Crippen molar-refractivity contribution in [1.29, 1.82) is 0 Å². The first-order valence-corrected chi connectivity index (χ1v) is 11.8. The highest BCUT2D eigenvalue weighted by Gasteiger charge is 2.27. The number of aryl methyl sites for hydroxylation is 1. The largest absolute Gasteiger partial charge is 0.268 e. The average molecular weight is 468 g/mol. The van der Waals surface area contributed by atoms with E-state index in [1.165, 1.54) is 0 Å². The van der Waals surface area contributed by atoms with Crippen molar-refractivity contribution in [2.45, 2.75) is 6.92 Å². The van der Waals surface area contributed by atoms with Crippen LogP contribution in [0.4, 0.5) is 5.69 Å². The van der Waals surface area contributed by atoms with Crippen LogP contribution in [0.1, 0.15) is 11.4 Å². The number of hydrogen-bond acceptors (Lipinski definition) is 5. The molecule has 6 nitrogen and oxygen atoms in total. The van der Waals surface area contributed by atoms with Gasteiger partial charge in [-0.25, -0.2) is 9.97 Å². The minimum Gasteiger partial charge on any atom is -0.256 e. The van der Waals surface area contributed by atoms with Gasteiger partial charge in [-0.3, -0.25) is 4.98 Å². The van der Waals surface area contributed by atoms with Gasteiger partial charge in [0.05, 0.1) is 22.2 Å². The summed E-state index contributed by atoms with van der Waals surface area (Å²) in [6, 6.07) is 34.5. The van der Waals surface area contributed by atoms with Gasteiger partial charge in [0.15, 0.2) is 12.2 Å². The first-order chi connectivity index (χ1) is 17.7. The van der Waals surface area contributed by atoms with Gasteiger partial charge in [-0.15, -0.1) is 4.70 Å². The molecule has 0 amide bonds. The van der Waals surface area contributed by atoms with E-state index in [9.17, 15) is 0 Å². The number of pyridine rings is 1. The molecule has 6 heteroatoms. The van der Waals surface area contributed by atoms with Crippen molar-refractivity contribution in [1.82, 2.24) is 15.0 Å². The van der Waals surface area contributed by atoms with Gasteiger partial charge in [0, 0.05) is 22.9 Å². The molecular formula is C30H23N6+. The number of benzene rings is 3. The lowest BCUT2D eigenvalue weighted by Crippen LogP contribution is -2.15. The molecule has 0 atom stereocenters. The number of rotatable bonds is 5. The summed E-state index contributed by atoms with van der Waals surface area (Å²) in [6.07, 6.45) is 1.82. The Bertz CT molecular complexity index is 1550. The molecule has 0 spiro atoms. The van der Waals surface area contributed by atoms with Gasteiger partial charge in [-0.05, 0) is 36.8 Å². The Kier molecular flexibility index (Phi) is 5.68. The predicted molar refractivity (Wildman–Crippen MR) is 141 cm³/mol. The van der Waals surface area contributed by atoms with Crippen molar-refractivity contribution >= 4 is 11.4 Å². The summed E-state index contributed by atoms with van der Waals surface area (Å²) in [5.41, 5.74) is 8.58. The van der Waals surface area contributed by atoms with Gasteiger partial charge >= 0.3 is 0 Å². The molecule has 3 heterocycles.